The Labute approximate surface area is 205 Å². The van der Waals surface area contributed by atoms with Crippen molar-refractivity contribution < 1.29 is 24.2 Å². The van der Waals surface area contributed by atoms with Crippen molar-refractivity contribution in [3.63, 3.8) is 0 Å². The summed E-state index contributed by atoms with van der Waals surface area (Å²) in [4.78, 5) is 28.1. The van der Waals surface area contributed by atoms with E-state index in [2.05, 4.69) is 0 Å². The average Bonchev–Trinajstić information content (AvgIpc) is 3.15. The lowest BCUT2D eigenvalue weighted by molar-refractivity contribution is -0.132. The van der Waals surface area contributed by atoms with Gasteiger partial charge in [-0.15, -0.1) is 0 Å². The number of ether oxygens (including phenoxy) is 2. The van der Waals surface area contributed by atoms with Crippen molar-refractivity contribution in [2.24, 2.45) is 0 Å². The maximum atomic E-state index is 13.4. The summed E-state index contributed by atoms with van der Waals surface area (Å²) in [6.07, 6.45) is 0.857. The monoisotopic (exact) mass is 471 g/mol. The first-order valence-electron chi connectivity index (χ1n) is 11.8. The van der Waals surface area contributed by atoms with Crippen molar-refractivity contribution in [2.45, 2.75) is 33.2 Å². The van der Waals surface area contributed by atoms with E-state index < -0.39 is 17.7 Å². The van der Waals surface area contributed by atoms with E-state index in [9.17, 15) is 14.7 Å². The van der Waals surface area contributed by atoms with Crippen molar-refractivity contribution in [2.75, 3.05) is 18.1 Å². The molecule has 1 unspecified atom stereocenters. The summed E-state index contributed by atoms with van der Waals surface area (Å²) in [7, 11) is 0. The normalized spacial score (nSPS) is 17.0. The van der Waals surface area contributed by atoms with Gasteiger partial charge in [0.2, 0.25) is 0 Å². The maximum Gasteiger partial charge on any atom is 0.300 e. The number of hydrogen-bond donors (Lipinski definition) is 1. The van der Waals surface area contributed by atoms with Gasteiger partial charge in [-0.05, 0) is 43.5 Å². The molecule has 1 aliphatic heterocycles. The molecule has 1 heterocycles. The maximum absolute atomic E-state index is 13.4. The van der Waals surface area contributed by atoms with Gasteiger partial charge in [0.05, 0.1) is 24.8 Å². The molecule has 0 aliphatic carbocycles. The van der Waals surface area contributed by atoms with E-state index in [1.807, 2.05) is 63.2 Å². The fourth-order valence-electron chi connectivity index (χ4n) is 4.29. The third-order valence-electron chi connectivity index (χ3n) is 6.00. The fraction of sp³-hybridized carbons (Fsp3) is 0.241. The topological polar surface area (TPSA) is 76.1 Å². The third-order valence-corrected chi connectivity index (χ3v) is 6.00. The largest absolute Gasteiger partial charge is 0.507 e. The Bertz CT molecular complexity index is 1250. The zero-order chi connectivity index (χ0) is 24.9. The van der Waals surface area contributed by atoms with Gasteiger partial charge in [0, 0.05) is 17.3 Å². The lowest BCUT2D eigenvalue weighted by atomic mass is 9.95. The molecule has 0 aromatic heterocycles. The Kier molecular flexibility index (Phi) is 7.20. The molecule has 1 fully saturated rings. The summed E-state index contributed by atoms with van der Waals surface area (Å²) in [5.74, 6) is -0.601. The van der Waals surface area contributed by atoms with Crippen molar-refractivity contribution in [1.29, 1.82) is 0 Å². The Morgan fingerprint density at radius 1 is 0.857 bits per heavy atom. The van der Waals surface area contributed by atoms with Crippen LogP contribution in [0, 0.1) is 0 Å². The molecule has 35 heavy (non-hydrogen) atoms. The van der Waals surface area contributed by atoms with Crippen LogP contribution in [-0.2, 0) is 16.0 Å². The van der Waals surface area contributed by atoms with E-state index in [4.69, 9.17) is 9.47 Å². The van der Waals surface area contributed by atoms with Crippen molar-refractivity contribution in [3.05, 3.63) is 95.1 Å². The molecule has 1 saturated heterocycles. The highest BCUT2D eigenvalue weighted by Crippen LogP contribution is 2.44. The van der Waals surface area contributed by atoms with Gasteiger partial charge in [-0.25, -0.2) is 0 Å². The van der Waals surface area contributed by atoms with Crippen molar-refractivity contribution in [3.8, 4) is 11.5 Å². The average molecular weight is 472 g/mol. The predicted octanol–water partition coefficient (Wildman–Crippen LogP) is 5.67. The third kappa shape index (κ3) is 4.64. The molecule has 0 saturated carbocycles. The molecule has 0 spiro atoms. The molecule has 6 heteroatoms. The first kappa shape index (κ1) is 24.1. The highest BCUT2D eigenvalue weighted by Gasteiger charge is 2.47. The number of carbonyl (C=O) groups is 2. The first-order valence-corrected chi connectivity index (χ1v) is 11.8. The number of amides is 1. The van der Waals surface area contributed by atoms with Gasteiger partial charge < -0.3 is 14.6 Å². The number of Topliss-reactive ketones (excluding diaryl/α,β-unsaturated/α-hetero) is 1. The van der Waals surface area contributed by atoms with E-state index in [1.165, 1.54) is 4.90 Å². The Hall–Kier alpha value is -4.06. The van der Waals surface area contributed by atoms with Crippen LogP contribution >= 0.6 is 0 Å². The molecular formula is C29H29NO5. The van der Waals surface area contributed by atoms with Crippen LogP contribution in [0.1, 0.15) is 43.5 Å². The van der Waals surface area contributed by atoms with Gasteiger partial charge in [0.1, 0.15) is 5.76 Å². The Morgan fingerprint density at radius 2 is 1.51 bits per heavy atom. The lowest BCUT2D eigenvalue weighted by Gasteiger charge is -2.26. The van der Waals surface area contributed by atoms with Gasteiger partial charge in [-0.3, -0.25) is 14.5 Å². The van der Waals surface area contributed by atoms with Crippen LogP contribution in [0.3, 0.4) is 0 Å². The molecule has 0 radical (unpaired) electrons. The lowest BCUT2D eigenvalue weighted by Crippen LogP contribution is -2.29. The molecule has 3 aromatic rings. The zero-order valence-electron chi connectivity index (χ0n) is 20.2. The minimum atomic E-state index is -0.797. The van der Waals surface area contributed by atoms with Crippen LogP contribution in [0.4, 0.5) is 5.69 Å². The van der Waals surface area contributed by atoms with Crippen LogP contribution < -0.4 is 14.4 Å². The highest BCUT2D eigenvalue weighted by molar-refractivity contribution is 6.51. The van der Waals surface area contributed by atoms with E-state index in [1.54, 1.807) is 30.3 Å². The zero-order valence-corrected chi connectivity index (χ0v) is 20.2. The summed E-state index contributed by atoms with van der Waals surface area (Å²) < 4.78 is 11.4. The summed E-state index contributed by atoms with van der Waals surface area (Å²) in [5, 5.41) is 11.3. The number of anilines is 1. The minimum absolute atomic E-state index is 0.0530. The number of nitrogens with zero attached hydrogens (tertiary/aromatic N) is 1. The summed E-state index contributed by atoms with van der Waals surface area (Å²) in [6, 6.07) is 21.0. The van der Waals surface area contributed by atoms with Crippen LogP contribution in [0.25, 0.3) is 5.76 Å². The van der Waals surface area contributed by atoms with Gasteiger partial charge in [-0.2, -0.15) is 0 Å². The summed E-state index contributed by atoms with van der Waals surface area (Å²) in [5.41, 5.74) is 2.85. The molecule has 3 aromatic carbocycles. The van der Waals surface area contributed by atoms with E-state index in [0.717, 1.165) is 12.0 Å². The summed E-state index contributed by atoms with van der Waals surface area (Å²) >= 11 is 0. The number of aryl methyl sites for hydroxylation is 1. The van der Waals surface area contributed by atoms with Crippen molar-refractivity contribution >= 4 is 23.1 Å². The number of carbonyl (C=O) groups excluding carboxylic acids is 2. The smallest absolute Gasteiger partial charge is 0.300 e. The molecular weight excluding hydrogens is 442 g/mol. The van der Waals surface area contributed by atoms with E-state index >= 15 is 0 Å². The second kappa shape index (κ2) is 10.5. The number of ketones is 1. The van der Waals surface area contributed by atoms with Gasteiger partial charge >= 0.3 is 0 Å². The highest BCUT2D eigenvalue weighted by atomic mass is 16.5. The molecule has 0 bridgehead atoms. The second-order valence-electron chi connectivity index (χ2n) is 8.13. The number of hydrogen-bond acceptors (Lipinski definition) is 5. The molecule has 1 atom stereocenters. The van der Waals surface area contributed by atoms with E-state index in [0.29, 0.717) is 41.5 Å². The molecule has 1 amide bonds. The van der Waals surface area contributed by atoms with Gasteiger partial charge in [0.25, 0.3) is 11.7 Å². The SMILES string of the molecule is CCOc1ccc(N2C(=O)C(=O)/C(=C(/O)c3ccc(CC)cc3)C2c2ccccc2)cc1OCC. The molecule has 6 nitrogen and oxygen atoms in total. The van der Waals surface area contributed by atoms with E-state index in [-0.39, 0.29) is 11.3 Å². The molecule has 180 valence electrons. The molecule has 4 rings (SSSR count). The first-order chi connectivity index (χ1) is 17.0. The molecule has 1 aliphatic rings. The van der Waals surface area contributed by atoms with Crippen molar-refractivity contribution in [1.82, 2.24) is 0 Å². The summed E-state index contributed by atoms with van der Waals surface area (Å²) in [6.45, 7) is 6.67. The minimum Gasteiger partial charge on any atom is -0.507 e. The molecule has 1 N–H and O–H groups in total. The Morgan fingerprint density at radius 3 is 2.14 bits per heavy atom. The number of benzene rings is 3. The fourth-order valence-corrected chi connectivity index (χ4v) is 4.29. The number of rotatable bonds is 8. The van der Waals surface area contributed by atoms with Crippen LogP contribution in [0.5, 0.6) is 11.5 Å². The number of aliphatic hydroxyl groups excluding tert-OH is 1. The van der Waals surface area contributed by atoms with Crippen LogP contribution in [0.2, 0.25) is 0 Å². The Balaban J connectivity index is 1.88. The van der Waals surface area contributed by atoms with Crippen LogP contribution in [0.15, 0.2) is 78.4 Å². The van der Waals surface area contributed by atoms with Gasteiger partial charge in [-0.1, -0.05) is 61.5 Å². The van der Waals surface area contributed by atoms with Crippen LogP contribution in [-0.4, -0.2) is 30.0 Å². The second-order valence-corrected chi connectivity index (χ2v) is 8.13. The number of aliphatic hydroxyl groups is 1. The quantitative estimate of drug-likeness (QED) is 0.260. The standard InChI is InChI=1S/C29H29NO5/c1-4-19-12-14-21(15-13-19)27(31)25-26(20-10-8-7-9-11-20)30(29(33)28(25)32)22-16-17-23(34-5-2)24(18-22)35-6-3/h7-18,26,31H,4-6H2,1-3H3/b27-25+. The predicted molar refractivity (Wildman–Crippen MR) is 136 cm³/mol. The van der Waals surface area contributed by atoms with Gasteiger partial charge in [0.15, 0.2) is 11.5 Å².